The van der Waals surface area contributed by atoms with Gasteiger partial charge in [0.2, 0.25) is 5.91 Å². The van der Waals surface area contributed by atoms with E-state index >= 15 is 0 Å². The molecule has 28 heavy (non-hydrogen) atoms. The van der Waals surface area contributed by atoms with Gasteiger partial charge in [-0.05, 0) is 23.8 Å². The third-order valence-electron chi connectivity index (χ3n) is 3.66. The lowest BCUT2D eigenvalue weighted by Crippen LogP contribution is -2.41. The van der Waals surface area contributed by atoms with E-state index in [4.69, 9.17) is 14.9 Å². The number of amides is 1. The molecule has 0 spiro atoms. The summed E-state index contributed by atoms with van der Waals surface area (Å²) in [5.41, 5.74) is 1.28. The Labute approximate surface area is 160 Å². The predicted octanol–water partition coefficient (Wildman–Crippen LogP) is 2.03. The van der Waals surface area contributed by atoms with E-state index in [2.05, 4.69) is 5.32 Å². The highest BCUT2D eigenvalue weighted by Crippen LogP contribution is 2.25. The molecule has 0 unspecified atom stereocenters. The van der Waals surface area contributed by atoms with Crippen LogP contribution in [0.5, 0.6) is 11.5 Å². The van der Waals surface area contributed by atoms with Crippen molar-refractivity contribution in [2.75, 3.05) is 0 Å². The minimum atomic E-state index is -1.54. The Kier molecular flexibility index (Phi) is 7.15. The number of nitrogens with one attached hydrogen (secondary N) is 1. The first-order chi connectivity index (χ1) is 13.3. The average molecular weight is 385 g/mol. The summed E-state index contributed by atoms with van der Waals surface area (Å²) in [7, 11) is 0. The van der Waals surface area contributed by atoms with Crippen molar-refractivity contribution in [2.45, 2.75) is 19.1 Å². The molecule has 0 radical (unpaired) electrons. The number of phenols is 1. The SMILES string of the molecule is O=C(O)C[C@H](NC(=O)/C=C/c1ccc(OCc2ccccc2)cc1O)C(=O)O. The van der Waals surface area contributed by atoms with E-state index in [1.165, 1.54) is 18.2 Å². The van der Waals surface area contributed by atoms with Crippen LogP contribution in [0.2, 0.25) is 0 Å². The van der Waals surface area contributed by atoms with Crippen molar-refractivity contribution < 1.29 is 34.4 Å². The fraction of sp³-hybridized carbons (Fsp3) is 0.150. The number of carbonyl (C=O) groups excluding carboxylic acids is 1. The van der Waals surface area contributed by atoms with Crippen LogP contribution < -0.4 is 10.1 Å². The predicted molar refractivity (Wildman–Crippen MR) is 99.7 cm³/mol. The van der Waals surface area contributed by atoms with Gasteiger partial charge >= 0.3 is 11.9 Å². The van der Waals surface area contributed by atoms with Gasteiger partial charge in [0.15, 0.2) is 0 Å². The number of ether oxygens (including phenoxy) is 1. The number of hydrogen-bond acceptors (Lipinski definition) is 5. The summed E-state index contributed by atoms with van der Waals surface area (Å²) in [5.74, 6) is -3.28. The van der Waals surface area contributed by atoms with Gasteiger partial charge in [0.05, 0.1) is 6.42 Å². The fourth-order valence-electron chi connectivity index (χ4n) is 2.26. The zero-order valence-corrected chi connectivity index (χ0v) is 14.7. The number of benzene rings is 2. The monoisotopic (exact) mass is 385 g/mol. The van der Waals surface area contributed by atoms with Crippen molar-refractivity contribution in [3.05, 3.63) is 65.7 Å². The summed E-state index contributed by atoms with van der Waals surface area (Å²) in [6.45, 7) is 0.331. The number of hydrogen-bond donors (Lipinski definition) is 4. The summed E-state index contributed by atoms with van der Waals surface area (Å²) in [5, 5.41) is 29.7. The molecule has 1 atom stereocenters. The largest absolute Gasteiger partial charge is 0.507 e. The van der Waals surface area contributed by atoms with Crippen LogP contribution in [0.15, 0.2) is 54.6 Å². The fourth-order valence-corrected chi connectivity index (χ4v) is 2.26. The lowest BCUT2D eigenvalue weighted by Gasteiger charge is -2.10. The van der Waals surface area contributed by atoms with Crippen LogP contribution >= 0.6 is 0 Å². The van der Waals surface area contributed by atoms with Crippen molar-refractivity contribution in [3.8, 4) is 11.5 Å². The number of phenolic OH excluding ortho intramolecular Hbond substituents is 1. The van der Waals surface area contributed by atoms with E-state index in [9.17, 15) is 19.5 Å². The molecule has 1 amide bonds. The first-order valence-electron chi connectivity index (χ1n) is 8.28. The minimum Gasteiger partial charge on any atom is -0.507 e. The number of carbonyl (C=O) groups is 3. The third-order valence-corrected chi connectivity index (χ3v) is 3.66. The second-order valence-electron chi connectivity index (χ2n) is 5.83. The molecule has 0 aliphatic heterocycles. The topological polar surface area (TPSA) is 133 Å². The van der Waals surface area contributed by atoms with Gasteiger partial charge in [-0.2, -0.15) is 0 Å². The van der Waals surface area contributed by atoms with E-state index in [0.29, 0.717) is 17.9 Å². The number of aromatic hydroxyl groups is 1. The minimum absolute atomic E-state index is 0.130. The zero-order chi connectivity index (χ0) is 20.5. The Hall–Kier alpha value is -3.81. The average Bonchev–Trinajstić information content (AvgIpc) is 2.65. The smallest absolute Gasteiger partial charge is 0.326 e. The molecule has 2 rings (SSSR count). The number of rotatable bonds is 9. The molecule has 0 aromatic heterocycles. The van der Waals surface area contributed by atoms with Crippen LogP contribution in [-0.2, 0) is 21.0 Å². The zero-order valence-electron chi connectivity index (χ0n) is 14.7. The van der Waals surface area contributed by atoms with Gasteiger partial charge in [0.1, 0.15) is 24.1 Å². The highest BCUT2D eigenvalue weighted by molar-refractivity contribution is 5.95. The van der Waals surface area contributed by atoms with Gasteiger partial charge in [-0.25, -0.2) is 4.79 Å². The molecule has 8 nitrogen and oxygen atoms in total. The molecular weight excluding hydrogens is 366 g/mol. The second-order valence-corrected chi connectivity index (χ2v) is 5.83. The molecule has 0 fully saturated rings. The van der Waals surface area contributed by atoms with Gasteiger partial charge in [0.25, 0.3) is 0 Å². The quantitative estimate of drug-likeness (QED) is 0.485. The Morgan fingerprint density at radius 1 is 1.07 bits per heavy atom. The Morgan fingerprint density at radius 3 is 2.39 bits per heavy atom. The maximum atomic E-state index is 11.8. The van der Waals surface area contributed by atoms with Crippen molar-refractivity contribution in [1.29, 1.82) is 0 Å². The van der Waals surface area contributed by atoms with E-state index in [1.54, 1.807) is 6.07 Å². The second kappa shape index (κ2) is 9.77. The third kappa shape index (κ3) is 6.49. The molecule has 0 aliphatic rings. The van der Waals surface area contributed by atoms with Crippen LogP contribution in [0.1, 0.15) is 17.5 Å². The summed E-state index contributed by atoms with van der Waals surface area (Å²) in [4.78, 5) is 33.4. The highest BCUT2D eigenvalue weighted by Gasteiger charge is 2.22. The van der Waals surface area contributed by atoms with Crippen molar-refractivity contribution in [1.82, 2.24) is 5.32 Å². The van der Waals surface area contributed by atoms with Crippen molar-refractivity contribution in [3.63, 3.8) is 0 Å². The van der Waals surface area contributed by atoms with Gasteiger partial charge in [-0.3, -0.25) is 9.59 Å². The number of aliphatic carboxylic acids is 2. The molecule has 2 aromatic rings. The van der Waals surface area contributed by atoms with Crippen LogP contribution in [0.3, 0.4) is 0 Å². The van der Waals surface area contributed by atoms with E-state index in [-0.39, 0.29) is 5.75 Å². The molecule has 0 saturated carbocycles. The standard InChI is InChI=1S/C20H19NO7/c22-17-10-15(28-12-13-4-2-1-3-5-13)8-6-14(17)7-9-18(23)21-16(20(26)27)11-19(24)25/h1-10,16,22H,11-12H2,(H,21,23)(H,24,25)(H,26,27)/b9-7+/t16-/m0/s1. The van der Waals surface area contributed by atoms with Crippen molar-refractivity contribution >= 4 is 23.9 Å². The molecule has 8 heteroatoms. The molecule has 2 aromatic carbocycles. The molecule has 0 heterocycles. The maximum absolute atomic E-state index is 11.8. The Bertz CT molecular complexity index is 877. The first kappa shape index (κ1) is 20.5. The van der Waals surface area contributed by atoms with Crippen LogP contribution in [0.4, 0.5) is 0 Å². The molecule has 0 bridgehead atoms. The summed E-state index contributed by atoms with van der Waals surface area (Å²) in [6.07, 6.45) is 1.55. The number of carboxylic acid groups (broad SMARTS) is 2. The Balaban J connectivity index is 1.96. The van der Waals surface area contributed by atoms with Gasteiger partial charge in [0, 0.05) is 17.7 Å². The molecule has 146 valence electrons. The van der Waals surface area contributed by atoms with E-state index < -0.39 is 30.3 Å². The molecular formula is C20H19NO7. The first-order valence-corrected chi connectivity index (χ1v) is 8.28. The van der Waals surface area contributed by atoms with Gasteiger partial charge < -0.3 is 25.4 Å². The Morgan fingerprint density at radius 2 is 1.79 bits per heavy atom. The van der Waals surface area contributed by atoms with Gasteiger partial charge in [-0.15, -0.1) is 0 Å². The van der Waals surface area contributed by atoms with E-state index in [0.717, 1.165) is 11.6 Å². The van der Waals surface area contributed by atoms with E-state index in [1.807, 2.05) is 30.3 Å². The summed E-state index contributed by atoms with van der Waals surface area (Å²) < 4.78 is 5.59. The normalized spacial score (nSPS) is 11.7. The molecule has 0 saturated heterocycles. The lowest BCUT2D eigenvalue weighted by molar-refractivity contribution is -0.146. The van der Waals surface area contributed by atoms with Crippen LogP contribution in [-0.4, -0.2) is 39.2 Å². The molecule has 4 N–H and O–H groups in total. The lowest BCUT2D eigenvalue weighted by atomic mass is 10.1. The summed E-state index contributed by atoms with van der Waals surface area (Å²) >= 11 is 0. The van der Waals surface area contributed by atoms with Crippen molar-refractivity contribution in [2.24, 2.45) is 0 Å². The summed E-state index contributed by atoms with van der Waals surface area (Å²) in [6, 6.07) is 12.5. The number of carboxylic acids is 2. The highest BCUT2D eigenvalue weighted by atomic mass is 16.5. The molecule has 0 aliphatic carbocycles. The maximum Gasteiger partial charge on any atom is 0.326 e. The van der Waals surface area contributed by atoms with Gasteiger partial charge in [-0.1, -0.05) is 30.3 Å². The van der Waals surface area contributed by atoms with Crippen LogP contribution in [0.25, 0.3) is 6.08 Å². The van der Waals surface area contributed by atoms with Crippen LogP contribution in [0, 0.1) is 0 Å².